The Bertz CT molecular complexity index is 508. The summed E-state index contributed by atoms with van der Waals surface area (Å²) >= 11 is 0. The van der Waals surface area contributed by atoms with E-state index < -0.39 is 0 Å². The van der Waals surface area contributed by atoms with Crippen LogP contribution in [0.2, 0.25) is 0 Å². The van der Waals surface area contributed by atoms with Crippen LogP contribution in [-0.4, -0.2) is 30.2 Å². The molecule has 0 aliphatic heterocycles. The Kier molecular flexibility index (Phi) is 5.17. The number of aryl methyl sites for hydroxylation is 1. The Hall–Kier alpha value is -2.30. The average molecular weight is 272 g/mol. The summed E-state index contributed by atoms with van der Waals surface area (Å²) in [5, 5.41) is 6.28. The summed E-state index contributed by atoms with van der Waals surface area (Å²) in [6.07, 6.45) is 0.810. The van der Waals surface area contributed by atoms with Crippen LogP contribution < -0.4 is 15.4 Å². The summed E-state index contributed by atoms with van der Waals surface area (Å²) in [6.45, 7) is 3.32. The van der Waals surface area contributed by atoms with Crippen LogP contribution in [0.5, 0.6) is 5.75 Å². The highest BCUT2D eigenvalue weighted by molar-refractivity contribution is 5.47. The maximum Gasteiger partial charge on any atom is 0.132 e. The summed E-state index contributed by atoms with van der Waals surface area (Å²) < 4.78 is 5.62. The molecular formula is C15H20N4O. The van der Waals surface area contributed by atoms with Crippen molar-refractivity contribution in [1.82, 2.24) is 9.97 Å². The minimum atomic E-state index is 0.588. The fraction of sp³-hybridized carbons (Fsp3) is 0.333. The van der Waals surface area contributed by atoms with Gasteiger partial charge in [0.15, 0.2) is 0 Å². The Morgan fingerprint density at radius 1 is 1.10 bits per heavy atom. The second kappa shape index (κ2) is 7.33. The van der Waals surface area contributed by atoms with Crippen LogP contribution in [0.1, 0.15) is 12.7 Å². The van der Waals surface area contributed by atoms with E-state index in [2.05, 4.69) is 20.6 Å². The first-order valence-corrected chi connectivity index (χ1v) is 6.79. The number of rotatable bonds is 7. The third kappa shape index (κ3) is 4.12. The lowest BCUT2D eigenvalue weighted by Gasteiger charge is -2.10. The zero-order chi connectivity index (χ0) is 14.2. The first-order chi connectivity index (χ1) is 9.81. The molecule has 0 amide bonds. The van der Waals surface area contributed by atoms with Crippen LogP contribution in [0.4, 0.5) is 11.6 Å². The second-order valence-electron chi connectivity index (χ2n) is 4.25. The van der Waals surface area contributed by atoms with E-state index >= 15 is 0 Å². The van der Waals surface area contributed by atoms with E-state index in [1.807, 2.05) is 50.4 Å². The van der Waals surface area contributed by atoms with Crippen LogP contribution in [-0.2, 0) is 6.42 Å². The number of nitrogens with zero attached hydrogens (tertiary/aromatic N) is 2. The molecule has 5 nitrogen and oxygen atoms in total. The van der Waals surface area contributed by atoms with Gasteiger partial charge in [0, 0.05) is 19.5 Å². The highest BCUT2D eigenvalue weighted by Crippen LogP contribution is 2.11. The maximum atomic E-state index is 5.62. The van der Waals surface area contributed by atoms with E-state index in [1.165, 1.54) is 0 Å². The van der Waals surface area contributed by atoms with Gasteiger partial charge >= 0.3 is 0 Å². The second-order valence-corrected chi connectivity index (χ2v) is 4.25. The van der Waals surface area contributed by atoms with Crippen molar-refractivity contribution in [3.63, 3.8) is 0 Å². The molecule has 1 heterocycles. The number of aromatic nitrogens is 2. The fourth-order valence-electron chi connectivity index (χ4n) is 1.74. The van der Waals surface area contributed by atoms with Gasteiger partial charge in [0.2, 0.25) is 0 Å². The minimum absolute atomic E-state index is 0.588. The number of ether oxygens (including phenoxy) is 1. The highest BCUT2D eigenvalue weighted by Gasteiger charge is 2.02. The van der Waals surface area contributed by atoms with Crippen LogP contribution in [0.3, 0.4) is 0 Å². The van der Waals surface area contributed by atoms with Gasteiger partial charge in [-0.3, -0.25) is 0 Å². The lowest BCUT2D eigenvalue weighted by Crippen LogP contribution is -2.13. The van der Waals surface area contributed by atoms with Gasteiger partial charge in [0.1, 0.15) is 29.8 Å². The van der Waals surface area contributed by atoms with Crippen molar-refractivity contribution in [3.8, 4) is 5.75 Å². The van der Waals surface area contributed by atoms with Crippen molar-refractivity contribution < 1.29 is 4.74 Å². The first-order valence-electron chi connectivity index (χ1n) is 6.79. The molecule has 0 spiro atoms. The van der Waals surface area contributed by atoms with Gasteiger partial charge in [-0.25, -0.2) is 9.97 Å². The van der Waals surface area contributed by atoms with E-state index in [9.17, 15) is 0 Å². The lowest BCUT2D eigenvalue weighted by atomic mass is 10.3. The van der Waals surface area contributed by atoms with Gasteiger partial charge in [-0.2, -0.15) is 0 Å². The monoisotopic (exact) mass is 272 g/mol. The van der Waals surface area contributed by atoms with E-state index in [0.717, 1.165) is 29.6 Å². The van der Waals surface area contributed by atoms with Crippen molar-refractivity contribution in [2.45, 2.75) is 13.3 Å². The molecule has 1 aromatic carbocycles. The summed E-state index contributed by atoms with van der Waals surface area (Å²) in [7, 11) is 1.85. The number of nitrogens with one attached hydrogen (secondary N) is 2. The molecule has 0 aliphatic carbocycles. The number of benzene rings is 1. The molecular weight excluding hydrogens is 252 g/mol. The topological polar surface area (TPSA) is 59.1 Å². The molecule has 20 heavy (non-hydrogen) atoms. The number of hydrogen-bond donors (Lipinski definition) is 2. The third-order valence-electron chi connectivity index (χ3n) is 2.76. The first kappa shape index (κ1) is 14.1. The van der Waals surface area contributed by atoms with Gasteiger partial charge in [0.05, 0.1) is 6.54 Å². The summed E-state index contributed by atoms with van der Waals surface area (Å²) in [6, 6.07) is 11.7. The SMILES string of the molecule is CCc1nc(NC)cc(NCCOc2ccccc2)n1. The quantitative estimate of drug-likeness (QED) is 0.759. The van der Waals surface area contributed by atoms with E-state index in [-0.39, 0.29) is 0 Å². The average Bonchev–Trinajstić information content (AvgIpc) is 2.52. The molecule has 0 aliphatic rings. The van der Waals surface area contributed by atoms with E-state index in [1.54, 1.807) is 0 Å². The lowest BCUT2D eigenvalue weighted by molar-refractivity contribution is 0.332. The number of para-hydroxylation sites is 1. The fourth-order valence-corrected chi connectivity index (χ4v) is 1.74. The Balaban J connectivity index is 1.84. The molecule has 0 radical (unpaired) electrons. The van der Waals surface area contributed by atoms with Crippen molar-refractivity contribution in [3.05, 3.63) is 42.2 Å². The van der Waals surface area contributed by atoms with Crippen molar-refractivity contribution in [2.75, 3.05) is 30.8 Å². The summed E-state index contributed by atoms with van der Waals surface area (Å²) in [5.41, 5.74) is 0. The molecule has 1 aromatic heterocycles. The van der Waals surface area contributed by atoms with Gasteiger partial charge in [0.25, 0.3) is 0 Å². The predicted molar refractivity (Wildman–Crippen MR) is 81.4 cm³/mol. The van der Waals surface area contributed by atoms with Crippen LogP contribution >= 0.6 is 0 Å². The van der Waals surface area contributed by atoms with E-state index in [4.69, 9.17) is 4.74 Å². The van der Waals surface area contributed by atoms with Gasteiger partial charge in [-0.1, -0.05) is 25.1 Å². The van der Waals surface area contributed by atoms with Crippen molar-refractivity contribution in [1.29, 1.82) is 0 Å². The normalized spacial score (nSPS) is 10.1. The molecule has 0 atom stereocenters. The number of hydrogen-bond acceptors (Lipinski definition) is 5. The zero-order valence-corrected chi connectivity index (χ0v) is 11.9. The molecule has 0 fully saturated rings. The largest absolute Gasteiger partial charge is 0.492 e. The molecule has 2 aromatic rings. The molecule has 0 bridgehead atoms. The zero-order valence-electron chi connectivity index (χ0n) is 11.9. The highest BCUT2D eigenvalue weighted by atomic mass is 16.5. The Morgan fingerprint density at radius 2 is 1.85 bits per heavy atom. The summed E-state index contributed by atoms with van der Waals surface area (Å²) in [5.74, 6) is 3.34. The predicted octanol–water partition coefficient (Wildman–Crippen LogP) is 2.57. The van der Waals surface area contributed by atoms with Gasteiger partial charge in [-0.05, 0) is 12.1 Å². The third-order valence-corrected chi connectivity index (χ3v) is 2.76. The van der Waals surface area contributed by atoms with Crippen LogP contribution in [0.25, 0.3) is 0 Å². The van der Waals surface area contributed by atoms with Gasteiger partial charge in [-0.15, -0.1) is 0 Å². The number of anilines is 2. The van der Waals surface area contributed by atoms with Crippen LogP contribution in [0.15, 0.2) is 36.4 Å². The Labute approximate surface area is 119 Å². The molecule has 0 saturated carbocycles. The molecule has 5 heteroatoms. The molecule has 2 N–H and O–H groups in total. The molecule has 106 valence electrons. The molecule has 0 unspecified atom stereocenters. The maximum absolute atomic E-state index is 5.62. The smallest absolute Gasteiger partial charge is 0.132 e. The van der Waals surface area contributed by atoms with Crippen LogP contribution in [0, 0.1) is 0 Å². The summed E-state index contributed by atoms with van der Waals surface area (Å²) in [4.78, 5) is 8.78. The molecule has 0 saturated heterocycles. The molecule has 2 rings (SSSR count). The van der Waals surface area contributed by atoms with Crippen molar-refractivity contribution >= 4 is 11.6 Å². The standard InChI is InChI=1S/C15H20N4O/c1-3-13-18-14(16-2)11-15(19-13)17-9-10-20-12-7-5-4-6-8-12/h4-8,11H,3,9-10H2,1-2H3,(H2,16,17,18,19). The van der Waals surface area contributed by atoms with E-state index in [0.29, 0.717) is 13.2 Å². The minimum Gasteiger partial charge on any atom is -0.492 e. The van der Waals surface area contributed by atoms with Crippen molar-refractivity contribution in [2.24, 2.45) is 0 Å². The van der Waals surface area contributed by atoms with Gasteiger partial charge < -0.3 is 15.4 Å². The Morgan fingerprint density at radius 3 is 2.55 bits per heavy atom.